The number of aromatic hydroxyl groups is 1. The van der Waals surface area contributed by atoms with Crippen LogP contribution in [-0.4, -0.2) is 98.6 Å². The number of hydrogen-bond donors (Lipinski definition) is 5. The second kappa shape index (κ2) is 10.9. The number of amides is 2. The number of piperidine rings is 1. The number of ketones is 2. The lowest BCUT2D eigenvalue weighted by atomic mass is 9.57. The van der Waals surface area contributed by atoms with Gasteiger partial charge in [0, 0.05) is 24.6 Å². The SMILES string of the molecule is CC(C)c1cc(C(=O)N2CCC(C(F)(F)F)CC2)c(O)c2c1C[C@H]1C[C@H]3[C@H](N(C)C)C(=O)C(C(N)=O)=C(O)[C@@]3(O)C(=O)C1=C2O. The lowest BCUT2D eigenvalue weighted by Gasteiger charge is -2.50. The number of hydrogen-bond acceptors (Lipinski definition) is 9. The largest absolute Gasteiger partial charge is 0.508 e. The maximum absolute atomic E-state index is 14.1. The van der Waals surface area contributed by atoms with Crippen molar-refractivity contribution in [2.45, 2.75) is 63.3 Å². The summed E-state index contributed by atoms with van der Waals surface area (Å²) in [6.07, 6.45) is -5.02. The number of phenolic OH excluding ortho intramolecular Hbond substituents is 1. The lowest BCUT2D eigenvalue weighted by Crippen LogP contribution is -2.65. The fourth-order valence-corrected chi connectivity index (χ4v) is 7.60. The van der Waals surface area contributed by atoms with Crippen LogP contribution in [0.1, 0.15) is 66.1 Å². The molecule has 1 saturated heterocycles. The first-order chi connectivity index (χ1) is 20.8. The summed E-state index contributed by atoms with van der Waals surface area (Å²) in [6, 6.07) is 0.235. The van der Waals surface area contributed by atoms with Crippen LogP contribution >= 0.6 is 0 Å². The topological polar surface area (TPSA) is 182 Å². The van der Waals surface area contributed by atoms with E-state index in [4.69, 9.17) is 5.73 Å². The molecule has 1 heterocycles. The van der Waals surface area contributed by atoms with E-state index >= 15 is 0 Å². The van der Waals surface area contributed by atoms with Crippen LogP contribution in [0.4, 0.5) is 13.2 Å². The number of Topliss-reactive ketones (excluding diaryl/α,β-unsaturated/α-hetero) is 2. The quantitative estimate of drug-likeness (QED) is 0.311. The van der Waals surface area contributed by atoms with Gasteiger partial charge in [-0.05, 0) is 68.8 Å². The van der Waals surface area contributed by atoms with E-state index in [2.05, 4.69) is 0 Å². The Morgan fingerprint density at radius 1 is 1.11 bits per heavy atom. The average molecular weight is 636 g/mol. The summed E-state index contributed by atoms with van der Waals surface area (Å²) in [5.74, 6) is -10.6. The van der Waals surface area contributed by atoms with E-state index in [-0.39, 0.29) is 61.4 Å². The lowest BCUT2D eigenvalue weighted by molar-refractivity contribution is -0.183. The number of aliphatic hydroxyl groups is 3. The molecule has 0 unspecified atom stereocenters. The molecular formula is C31H36F3N3O8. The summed E-state index contributed by atoms with van der Waals surface area (Å²) >= 11 is 0. The molecule has 0 aromatic heterocycles. The van der Waals surface area contributed by atoms with Gasteiger partial charge in [0.15, 0.2) is 11.4 Å². The maximum atomic E-state index is 14.1. The van der Waals surface area contributed by atoms with Crippen LogP contribution in [0.3, 0.4) is 0 Å². The van der Waals surface area contributed by atoms with Crippen LogP contribution in [0.5, 0.6) is 5.75 Å². The molecule has 0 bridgehead atoms. The number of carbonyl (C=O) groups is 4. The van der Waals surface area contributed by atoms with E-state index in [9.17, 15) is 52.8 Å². The molecule has 14 heteroatoms. The number of rotatable bonds is 4. The average Bonchev–Trinajstić information content (AvgIpc) is 2.93. The van der Waals surface area contributed by atoms with Crippen molar-refractivity contribution in [3.05, 3.63) is 45.2 Å². The number of benzene rings is 1. The highest BCUT2D eigenvalue weighted by atomic mass is 19.4. The zero-order chi connectivity index (χ0) is 33.5. The van der Waals surface area contributed by atoms with Crippen LogP contribution in [0.25, 0.3) is 5.76 Å². The van der Waals surface area contributed by atoms with Crippen molar-refractivity contribution in [1.29, 1.82) is 0 Å². The Morgan fingerprint density at radius 2 is 1.71 bits per heavy atom. The van der Waals surface area contributed by atoms with Gasteiger partial charge in [0.25, 0.3) is 11.8 Å². The normalized spacial score (nSPS) is 27.6. The highest BCUT2D eigenvalue weighted by molar-refractivity contribution is 6.24. The Hall–Kier alpha value is -3.91. The molecule has 4 atom stereocenters. The minimum atomic E-state index is -4.39. The summed E-state index contributed by atoms with van der Waals surface area (Å²) < 4.78 is 39.6. The number of likely N-dealkylation sites (N-methyl/N-ethyl adjacent to an activating group) is 1. The maximum Gasteiger partial charge on any atom is 0.391 e. The van der Waals surface area contributed by atoms with E-state index in [0.717, 1.165) is 0 Å². The number of halogens is 3. The summed E-state index contributed by atoms with van der Waals surface area (Å²) in [6.45, 7) is 3.23. The van der Waals surface area contributed by atoms with Gasteiger partial charge >= 0.3 is 6.18 Å². The Labute approximate surface area is 256 Å². The van der Waals surface area contributed by atoms with Crippen molar-refractivity contribution in [2.75, 3.05) is 27.2 Å². The van der Waals surface area contributed by atoms with E-state index in [1.54, 1.807) is 0 Å². The minimum Gasteiger partial charge on any atom is -0.508 e. The van der Waals surface area contributed by atoms with Gasteiger partial charge in [-0.2, -0.15) is 13.2 Å². The molecule has 6 N–H and O–H groups in total. The zero-order valence-electron chi connectivity index (χ0n) is 25.2. The molecule has 1 aromatic rings. The predicted molar refractivity (Wildman–Crippen MR) is 153 cm³/mol. The molecule has 1 aliphatic heterocycles. The first-order valence-corrected chi connectivity index (χ1v) is 14.7. The van der Waals surface area contributed by atoms with Crippen molar-refractivity contribution in [3.63, 3.8) is 0 Å². The first kappa shape index (κ1) is 32.5. The highest BCUT2D eigenvalue weighted by Gasteiger charge is 2.64. The predicted octanol–water partition coefficient (Wildman–Crippen LogP) is 2.50. The molecule has 2 amide bonds. The molecule has 5 rings (SSSR count). The van der Waals surface area contributed by atoms with Gasteiger partial charge < -0.3 is 31.1 Å². The fourth-order valence-electron chi connectivity index (χ4n) is 7.60. The Bertz CT molecular complexity index is 1570. The van der Waals surface area contributed by atoms with Gasteiger partial charge in [0.2, 0.25) is 5.78 Å². The monoisotopic (exact) mass is 635 g/mol. The molecule has 3 aliphatic carbocycles. The van der Waals surface area contributed by atoms with Gasteiger partial charge in [-0.15, -0.1) is 0 Å². The second-order valence-corrected chi connectivity index (χ2v) is 12.9. The van der Waals surface area contributed by atoms with Crippen LogP contribution < -0.4 is 5.73 Å². The molecule has 11 nitrogen and oxygen atoms in total. The number of nitrogens with zero attached hydrogens (tertiary/aromatic N) is 2. The number of likely N-dealkylation sites (tertiary alicyclic amines) is 1. The van der Waals surface area contributed by atoms with Gasteiger partial charge in [-0.3, -0.25) is 24.1 Å². The number of fused-ring (bicyclic) bond motifs is 3. The van der Waals surface area contributed by atoms with Crippen LogP contribution in [0.2, 0.25) is 0 Å². The smallest absolute Gasteiger partial charge is 0.391 e. The van der Waals surface area contributed by atoms with E-state index < -0.39 is 81.8 Å². The van der Waals surface area contributed by atoms with Crippen molar-refractivity contribution in [3.8, 4) is 5.75 Å². The minimum absolute atomic E-state index is 0.0566. The molecule has 244 valence electrons. The molecular weight excluding hydrogens is 599 g/mol. The Kier molecular flexibility index (Phi) is 7.84. The third kappa shape index (κ3) is 4.80. The standard InChI is InChI=1S/C31H36F3N3O8/c1-12(2)15-11-17(29(44)37-7-5-14(6-8-37)31(32,33)34)23(38)20-16(15)9-13-10-18-22(36(3)4)25(40)21(28(35)43)27(42)30(18,45)26(41)19(13)24(20)39/h11-14,18,22,38-39,42,45H,5-10H2,1-4H3,(H2,35,43)/t13-,18-,22-,30-/m0/s1. The summed E-state index contributed by atoms with van der Waals surface area (Å²) in [4.78, 5) is 55.7. The van der Waals surface area contributed by atoms with Gasteiger partial charge in [0.1, 0.15) is 22.8 Å². The summed E-state index contributed by atoms with van der Waals surface area (Å²) in [7, 11) is 3.01. The number of nitrogens with two attached hydrogens (primary N) is 1. The number of carbonyl (C=O) groups excluding carboxylic acids is 4. The van der Waals surface area contributed by atoms with E-state index in [0.29, 0.717) is 11.1 Å². The number of phenols is 1. The Balaban J connectivity index is 1.64. The van der Waals surface area contributed by atoms with Crippen molar-refractivity contribution in [2.24, 2.45) is 23.5 Å². The zero-order valence-corrected chi connectivity index (χ0v) is 25.2. The molecule has 1 saturated carbocycles. The third-order valence-corrected chi connectivity index (χ3v) is 9.85. The van der Waals surface area contributed by atoms with Crippen LogP contribution in [-0.2, 0) is 20.8 Å². The van der Waals surface area contributed by atoms with Gasteiger partial charge in [0.05, 0.1) is 23.1 Å². The summed E-state index contributed by atoms with van der Waals surface area (Å²) in [5.41, 5.74) is 1.75. The summed E-state index contributed by atoms with van der Waals surface area (Å²) in [5, 5.41) is 45.8. The van der Waals surface area contributed by atoms with Crippen molar-refractivity contribution >= 4 is 29.1 Å². The molecule has 1 aromatic carbocycles. The molecule has 0 radical (unpaired) electrons. The molecule has 4 aliphatic rings. The van der Waals surface area contributed by atoms with Gasteiger partial charge in [-0.1, -0.05) is 13.8 Å². The van der Waals surface area contributed by atoms with Crippen molar-refractivity contribution in [1.82, 2.24) is 9.80 Å². The highest BCUT2D eigenvalue weighted by Crippen LogP contribution is 2.54. The molecule has 45 heavy (non-hydrogen) atoms. The fraction of sp³-hybridized carbons (Fsp3) is 0.548. The number of alkyl halides is 3. The van der Waals surface area contributed by atoms with E-state index in [1.165, 1.54) is 30.0 Å². The van der Waals surface area contributed by atoms with Crippen LogP contribution in [0.15, 0.2) is 23.0 Å². The third-order valence-electron chi connectivity index (χ3n) is 9.85. The molecule has 0 spiro atoms. The Morgan fingerprint density at radius 3 is 2.22 bits per heavy atom. The van der Waals surface area contributed by atoms with E-state index in [1.807, 2.05) is 13.8 Å². The molecule has 2 fully saturated rings. The number of primary amides is 1. The van der Waals surface area contributed by atoms with Crippen molar-refractivity contribution < 1.29 is 52.8 Å². The number of aliphatic hydroxyl groups excluding tert-OH is 2. The van der Waals surface area contributed by atoms with Gasteiger partial charge in [-0.25, -0.2) is 0 Å². The van der Waals surface area contributed by atoms with Crippen LogP contribution in [0, 0.1) is 17.8 Å². The first-order valence-electron chi connectivity index (χ1n) is 14.7. The second-order valence-electron chi connectivity index (χ2n) is 12.9.